The molecule has 25 heavy (non-hydrogen) atoms. The number of nitrogens with one attached hydrogen (secondary N) is 3. The number of carbonyl (C=O) groups is 2. The topological polar surface area (TPSA) is 99.8 Å². The molecule has 1 aromatic heterocycles. The van der Waals surface area contributed by atoms with E-state index in [1.165, 1.54) is 6.42 Å². The van der Waals surface area contributed by atoms with Gasteiger partial charge >= 0.3 is 11.8 Å². The van der Waals surface area contributed by atoms with E-state index in [-0.39, 0.29) is 6.04 Å². The quantitative estimate of drug-likeness (QED) is 0.746. The number of rotatable bonds is 3. The van der Waals surface area contributed by atoms with Gasteiger partial charge in [-0.1, -0.05) is 31.9 Å². The third-order valence-electron chi connectivity index (χ3n) is 4.61. The molecule has 3 rings (SSSR count). The van der Waals surface area contributed by atoms with Crippen LogP contribution in [0.2, 0.25) is 0 Å². The molecule has 2 amide bonds. The smallest absolute Gasteiger partial charge is 0.313 e. The molecule has 1 aliphatic carbocycles. The van der Waals surface area contributed by atoms with Crippen molar-refractivity contribution in [3.05, 3.63) is 30.1 Å². The monoisotopic (exact) mass is 341 g/mol. The third-order valence-corrected chi connectivity index (χ3v) is 4.61. The van der Waals surface area contributed by atoms with Gasteiger partial charge in [-0.05, 0) is 37.8 Å². The van der Waals surface area contributed by atoms with Gasteiger partial charge in [0, 0.05) is 17.3 Å². The van der Waals surface area contributed by atoms with E-state index in [2.05, 4.69) is 32.7 Å². The Morgan fingerprint density at radius 1 is 1.20 bits per heavy atom. The lowest BCUT2D eigenvalue weighted by molar-refractivity contribution is -0.137. The summed E-state index contributed by atoms with van der Waals surface area (Å²) < 4.78 is 0. The number of aromatic nitrogens is 3. The van der Waals surface area contributed by atoms with Gasteiger partial charge in [-0.3, -0.25) is 14.7 Å². The first-order valence-corrected chi connectivity index (χ1v) is 8.64. The minimum Gasteiger partial charge on any atom is -0.345 e. The van der Waals surface area contributed by atoms with Crippen LogP contribution in [0.3, 0.4) is 0 Å². The molecule has 7 heteroatoms. The Kier molecular flexibility index (Phi) is 5.11. The molecule has 2 aromatic rings. The molecular weight excluding hydrogens is 318 g/mol. The second-order valence-electron chi connectivity index (χ2n) is 6.62. The van der Waals surface area contributed by atoms with Gasteiger partial charge < -0.3 is 10.6 Å². The number of anilines is 1. The van der Waals surface area contributed by atoms with Crippen LogP contribution in [0.25, 0.3) is 11.4 Å². The van der Waals surface area contributed by atoms with Gasteiger partial charge in [0.25, 0.3) is 0 Å². The van der Waals surface area contributed by atoms with Crippen LogP contribution in [0.1, 0.15) is 38.4 Å². The van der Waals surface area contributed by atoms with Crippen LogP contribution >= 0.6 is 0 Å². The highest BCUT2D eigenvalue weighted by Gasteiger charge is 2.25. The van der Waals surface area contributed by atoms with Crippen LogP contribution in [-0.2, 0) is 9.59 Å². The number of H-pyrrole nitrogens is 1. The lowest BCUT2D eigenvalue weighted by Gasteiger charge is -2.29. The van der Waals surface area contributed by atoms with E-state index in [1.54, 1.807) is 18.2 Å². The third kappa shape index (κ3) is 4.23. The zero-order chi connectivity index (χ0) is 17.8. The maximum Gasteiger partial charge on any atom is 0.313 e. The van der Waals surface area contributed by atoms with Crippen molar-refractivity contribution in [2.24, 2.45) is 5.92 Å². The minimum absolute atomic E-state index is 0.0783. The fraction of sp³-hybridized carbons (Fsp3) is 0.444. The van der Waals surface area contributed by atoms with Crippen LogP contribution in [-0.4, -0.2) is 33.0 Å². The van der Waals surface area contributed by atoms with Gasteiger partial charge in [-0.15, -0.1) is 0 Å². The van der Waals surface area contributed by atoms with E-state index >= 15 is 0 Å². The Bertz CT molecular complexity index is 770. The number of hydrogen-bond acceptors (Lipinski definition) is 4. The minimum atomic E-state index is -0.652. The summed E-state index contributed by atoms with van der Waals surface area (Å²) in [5.41, 5.74) is 1.31. The predicted molar refractivity (Wildman–Crippen MR) is 94.7 cm³/mol. The average molecular weight is 341 g/mol. The lowest BCUT2D eigenvalue weighted by Crippen LogP contribution is -2.45. The summed E-state index contributed by atoms with van der Waals surface area (Å²) in [5, 5.41) is 12.4. The van der Waals surface area contributed by atoms with E-state index in [4.69, 9.17) is 0 Å². The number of aromatic amines is 1. The van der Waals surface area contributed by atoms with Crippen molar-refractivity contribution < 1.29 is 9.59 Å². The van der Waals surface area contributed by atoms with Crippen LogP contribution in [0.5, 0.6) is 0 Å². The van der Waals surface area contributed by atoms with Gasteiger partial charge in [0.05, 0.1) is 0 Å². The highest BCUT2D eigenvalue weighted by molar-refractivity contribution is 6.39. The van der Waals surface area contributed by atoms with Crippen molar-refractivity contribution in [2.45, 2.75) is 45.6 Å². The van der Waals surface area contributed by atoms with Crippen molar-refractivity contribution in [1.29, 1.82) is 0 Å². The summed E-state index contributed by atoms with van der Waals surface area (Å²) in [6.45, 7) is 3.93. The molecule has 0 aliphatic heterocycles. The van der Waals surface area contributed by atoms with E-state index in [0.29, 0.717) is 23.3 Å². The van der Waals surface area contributed by atoms with E-state index in [1.807, 2.05) is 13.0 Å². The normalized spacial score (nSPS) is 20.1. The fourth-order valence-corrected chi connectivity index (χ4v) is 3.16. The molecule has 132 valence electrons. The van der Waals surface area contributed by atoms with E-state index in [9.17, 15) is 9.59 Å². The van der Waals surface area contributed by atoms with Crippen molar-refractivity contribution >= 4 is 17.5 Å². The second-order valence-corrected chi connectivity index (χ2v) is 6.62. The largest absolute Gasteiger partial charge is 0.345 e. The molecule has 0 radical (unpaired) electrons. The molecule has 0 unspecified atom stereocenters. The zero-order valence-electron chi connectivity index (χ0n) is 14.5. The number of nitrogens with zero attached hydrogens (tertiary/aromatic N) is 2. The first kappa shape index (κ1) is 17.1. The predicted octanol–water partition coefficient (Wildman–Crippen LogP) is 2.41. The Labute approximate surface area is 146 Å². The van der Waals surface area contributed by atoms with Crippen molar-refractivity contribution in [1.82, 2.24) is 20.5 Å². The Balaban J connectivity index is 1.63. The summed E-state index contributed by atoms with van der Waals surface area (Å²) in [6, 6.07) is 7.20. The molecule has 0 saturated heterocycles. The summed E-state index contributed by atoms with van der Waals surface area (Å²) in [5.74, 6) is 0.432. The Hall–Kier alpha value is -2.70. The first-order chi connectivity index (χ1) is 12.0. The number of amides is 2. The summed E-state index contributed by atoms with van der Waals surface area (Å²) in [4.78, 5) is 28.6. The van der Waals surface area contributed by atoms with Crippen LogP contribution < -0.4 is 10.6 Å². The molecule has 0 bridgehead atoms. The van der Waals surface area contributed by atoms with Gasteiger partial charge in [0.2, 0.25) is 0 Å². The highest BCUT2D eigenvalue weighted by Crippen LogP contribution is 2.24. The highest BCUT2D eigenvalue weighted by atomic mass is 16.2. The second kappa shape index (κ2) is 7.46. The molecule has 1 aromatic carbocycles. The van der Waals surface area contributed by atoms with Gasteiger partial charge in [-0.2, -0.15) is 5.10 Å². The van der Waals surface area contributed by atoms with Crippen LogP contribution in [0.15, 0.2) is 24.3 Å². The number of hydrogen-bond donors (Lipinski definition) is 3. The SMILES string of the molecule is Cc1nc(-c2cccc(NC(=O)C(=O)N[C@@H]3CCCC[C@@H]3C)c2)n[nH]1. The standard InChI is InChI=1S/C18H23N5O2/c1-11-6-3-4-9-15(11)21-18(25)17(24)20-14-8-5-7-13(10-14)16-19-12(2)22-23-16/h5,7-8,10-11,15H,3-4,6,9H2,1-2H3,(H,20,24)(H,21,25)(H,19,22,23)/t11-,15+/m0/s1. The van der Waals surface area contributed by atoms with Crippen LogP contribution in [0.4, 0.5) is 5.69 Å². The van der Waals surface area contributed by atoms with Crippen LogP contribution in [0, 0.1) is 12.8 Å². The van der Waals surface area contributed by atoms with E-state index < -0.39 is 11.8 Å². The molecule has 7 nitrogen and oxygen atoms in total. The molecular formula is C18H23N5O2. The molecule has 3 N–H and O–H groups in total. The molecule has 1 saturated carbocycles. The first-order valence-electron chi connectivity index (χ1n) is 8.64. The average Bonchev–Trinajstić information content (AvgIpc) is 3.03. The number of benzene rings is 1. The maximum atomic E-state index is 12.2. The van der Waals surface area contributed by atoms with Gasteiger partial charge in [0.15, 0.2) is 5.82 Å². The zero-order valence-corrected chi connectivity index (χ0v) is 14.5. The van der Waals surface area contributed by atoms with Gasteiger partial charge in [0.1, 0.15) is 5.82 Å². The molecule has 1 aliphatic rings. The summed E-state index contributed by atoms with van der Waals surface area (Å²) in [6.07, 6.45) is 4.30. The Morgan fingerprint density at radius 2 is 2.00 bits per heavy atom. The molecule has 1 fully saturated rings. The van der Waals surface area contributed by atoms with Crippen molar-refractivity contribution in [3.63, 3.8) is 0 Å². The summed E-state index contributed by atoms with van der Waals surface area (Å²) in [7, 11) is 0. The molecule has 2 atom stereocenters. The van der Waals surface area contributed by atoms with E-state index in [0.717, 1.165) is 24.8 Å². The fourth-order valence-electron chi connectivity index (χ4n) is 3.16. The number of aryl methyl sites for hydroxylation is 1. The van der Waals surface area contributed by atoms with Gasteiger partial charge in [-0.25, -0.2) is 4.98 Å². The van der Waals surface area contributed by atoms with Crippen molar-refractivity contribution in [3.8, 4) is 11.4 Å². The summed E-state index contributed by atoms with van der Waals surface area (Å²) >= 11 is 0. The Morgan fingerprint density at radius 3 is 2.72 bits per heavy atom. The molecule has 0 spiro atoms. The maximum absolute atomic E-state index is 12.2. The molecule has 1 heterocycles. The lowest BCUT2D eigenvalue weighted by atomic mass is 9.86. The van der Waals surface area contributed by atoms with Crippen molar-refractivity contribution in [2.75, 3.05) is 5.32 Å². The number of carbonyl (C=O) groups excluding carboxylic acids is 2.